The minimum Gasteiger partial charge on any atom is -0.381 e. The molecule has 2 fully saturated rings. The highest BCUT2D eigenvalue weighted by molar-refractivity contribution is 4.92. The van der Waals surface area contributed by atoms with Crippen LogP contribution in [0.5, 0.6) is 0 Å². The fourth-order valence-corrected chi connectivity index (χ4v) is 3.85. The molecule has 2 nitrogen and oxygen atoms in total. The van der Waals surface area contributed by atoms with Crippen LogP contribution in [0.4, 0.5) is 0 Å². The van der Waals surface area contributed by atoms with E-state index in [1.807, 2.05) is 0 Å². The summed E-state index contributed by atoms with van der Waals surface area (Å²) < 4.78 is 5.79. The Morgan fingerprint density at radius 1 is 1.00 bits per heavy atom. The molecule has 2 atom stereocenters. The molecule has 2 rings (SSSR count). The summed E-state index contributed by atoms with van der Waals surface area (Å²) in [7, 11) is 0. The maximum absolute atomic E-state index is 5.79. The summed E-state index contributed by atoms with van der Waals surface area (Å²) in [5, 5.41) is 0. The number of ether oxygens (including phenoxy) is 1. The fraction of sp³-hybridized carbons (Fsp3) is 1.00. The van der Waals surface area contributed by atoms with E-state index in [-0.39, 0.29) is 0 Å². The van der Waals surface area contributed by atoms with Crippen molar-refractivity contribution < 1.29 is 4.74 Å². The Morgan fingerprint density at radius 3 is 2.17 bits per heavy atom. The van der Waals surface area contributed by atoms with Crippen molar-refractivity contribution in [1.82, 2.24) is 4.90 Å². The topological polar surface area (TPSA) is 12.5 Å². The van der Waals surface area contributed by atoms with E-state index in [1.54, 1.807) is 0 Å². The van der Waals surface area contributed by atoms with Crippen molar-refractivity contribution in [1.29, 1.82) is 0 Å². The summed E-state index contributed by atoms with van der Waals surface area (Å²) in [6, 6.07) is 0. The monoisotopic (exact) mass is 253 g/mol. The Labute approximate surface area is 113 Å². The second-order valence-electron chi connectivity index (χ2n) is 7.98. The zero-order chi connectivity index (χ0) is 13.4. The van der Waals surface area contributed by atoms with E-state index < -0.39 is 0 Å². The van der Waals surface area contributed by atoms with Crippen LogP contribution >= 0.6 is 0 Å². The van der Waals surface area contributed by atoms with E-state index >= 15 is 0 Å². The van der Waals surface area contributed by atoms with Crippen LogP contribution in [-0.4, -0.2) is 36.7 Å². The van der Waals surface area contributed by atoms with Gasteiger partial charge in [0.15, 0.2) is 0 Å². The molecule has 2 unspecified atom stereocenters. The second-order valence-corrected chi connectivity index (χ2v) is 7.98. The van der Waals surface area contributed by atoms with Gasteiger partial charge in [-0.15, -0.1) is 0 Å². The summed E-state index contributed by atoms with van der Waals surface area (Å²) in [4.78, 5) is 2.69. The molecular weight excluding hydrogens is 222 g/mol. The molecule has 0 aromatic rings. The summed E-state index contributed by atoms with van der Waals surface area (Å²) in [5.74, 6) is 1.46. The molecule has 0 radical (unpaired) electrons. The van der Waals surface area contributed by atoms with E-state index in [1.165, 1.54) is 32.4 Å². The van der Waals surface area contributed by atoms with E-state index in [0.29, 0.717) is 11.0 Å². The van der Waals surface area contributed by atoms with Gasteiger partial charge in [-0.3, -0.25) is 4.90 Å². The Balaban J connectivity index is 1.99. The summed E-state index contributed by atoms with van der Waals surface area (Å²) in [5.41, 5.74) is 0.723. The maximum atomic E-state index is 5.79. The molecule has 0 saturated carbocycles. The number of nitrogens with zero attached hydrogens (tertiary/aromatic N) is 1. The first kappa shape index (κ1) is 14.3. The van der Waals surface area contributed by atoms with E-state index in [2.05, 4.69) is 39.5 Å². The molecule has 0 aromatic heterocycles. The van der Waals surface area contributed by atoms with E-state index in [4.69, 9.17) is 4.74 Å². The third-order valence-electron chi connectivity index (χ3n) is 5.03. The van der Waals surface area contributed by atoms with Crippen LogP contribution in [0.2, 0.25) is 0 Å². The van der Waals surface area contributed by atoms with Gasteiger partial charge in [-0.1, -0.05) is 20.8 Å². The van der Waals surface area contributed by atoms with Crippen molar-refractivity contribution in [2.45, 2.75) is 59.4 Å². The zero-order valence-electron chi connectivity index (χ0n) is 13.0. The molecule has 0 aromatic carbocycles. The predicted molar refractivity (Wildman–Crippen MR) is 76.8 cm³/mol. The van der Waals surface area contributed by atoms with Gasteiger partial charge in [0.1, 0.15) is 0 Å². The van der Waals surface area contributed by atoms with Gasteiger partial charge in [-0.05, 0) is 63.5 Å². The molecule has 0 spiro atoms. The third kappa shape index (κ3) is 3.08. The molecule has 106 valence electrons. The highest BCUT2D eigenvalue weighted by Crippen LogP contribution is 2.41. The van der Waals surface area contributed by atoms with Gasteiger partial charge in [-0.25, -0.2) is 0 Å². The molecule has 2 heteroatoms. The Kier molecular flexibility index (Phi) is 4.08. The van der Waals surface area contributed by atoms with Crippen LogP contribution in [0.3, 0.4) is 0 Å². The molecule has 0 bridgehead atoms. The molecule has 0 aliphatic carbocycles. The molecule has 2 aliphatic rings. The summed E-state index contributed by atoms with van der Waals surface area (Å²) in [6.45, 7) is 16.5. The number of likely N-dealkylation sites (tertiary alicyclic amines) is 1. The van der Waals surface area contributed by atoms with Crippen molar-refractivity contribution in [3.05, 3.63) is 0 Å². The number of hydrogen-bond acceptors (Lipinski definition) is 2. The lowest BCUT2D eigenvalue weighted by Crippen LogP contribution is -2.45. The molecule has 2 saturated heterocycles. The minimum absolute atomic E-state index is 0.346. The lowest BCUT2D eigenvalue weighted by Gasteiger charge is -2.40. The predicted octanol–water partition coefficient (Wildman–Crippen LogP) is 3.56. The first-order valence-corrected chi connectivity index (χ1v) is 7.63. The van der Waals surface area contributed by atoms with Gasteiger partial charge in [0, 0.05) is 12.1 Å². The highest BCUT2D eigenvalue weighted by Gasteiger charge is 2.41. The van der Waals surface area contributed by atoms with Gasteiger partial charge in [0.2, 0.25) is 0 Å². The van der Waals surface area contributed by atoms with Crippen LogP contribution in [0.15, 0.2) is 0 Å². The summed E-state index contributed by atoms with van der Waals surface area (Å²) >= 11 is 0. The molecular formula is C16H31NO. The third-order valence-corrected chi connectivity index (χ3v) is 5.03. The van der Waals surface area contributed by atoms with Gasteiger partial charge in [-0.2, -0.15) is 0 Å². The Bertz CT molecular complexity index is 273. The molecule has 0 amide bonds. The van der Waals surface area contributed by atoms with Crippen LogP contribution in [0.1, 0.15) is 53.9 Å². The second kappa shape index (κ2) is 5.13. The quantitative estimate of drug-likeness (QED) is 0.762. The largest absolute Gasteiger partial charge is 0.381 e. The molecule has 18 heavy (non-hydrogen) atoms. The van der Waals surface area contributed by atoms with Crippen LogP contribution < -0.4 is 0 Å². The SMILES string of the molecule is CC(C)(C)C1COCC1CC(C)(C)N1CCCC1. The standard InChI is InChI=1S/C16H31NO/c1-15(2,3)14-12-18-11-13(14)10-16(4,5)17-8-6-7-9-17/h13-14H,6-12H2,1-5H3. The maximum Gasteiger partial charge on any atom is 0.0502 e. The average molecular weight is 253 g/mol. The lowest BCUT2D eigenvalue weighted by molar-refractivity contribution is 0.0932. The number of rotatable bonds is 3. The highest BCUT2D eigenvalue weighted by atomic mass is 16.5. The summed E-state index contributed by atoms with van der Waals surface area (Å²) in [6.07, 6.45) is 4.05. The van der Waals surface area contributed by atoms with Crippen LogP contribution in [0, 0.1) is 17.3 Å². The van der Waals surface area contributed by atoms with Gasteiger partial charge in [0.25, 0.3) is 0 Å². The molecule has 2 aliphatic heterocycles. The zero-order valence-corrected chi connectivity index (χ0v) is 13.0. The smallest absolute Gasteiger partial charge is 0.0502 e. The fourth-order valence-electron chi connectivity index (χ4n) is 3.85. The minimum atomic E-state index is 0.346. The molecule has 0 N–H and O–H groups in total. The van der Waals surface area contributed by atoms with E-state index in [9.17, 15) is 0 Å². The van der Waals surface area contributed by atoms with Crippen LogP contribution in [-0.2, 0) is 4.74 Å². The van der Waals surface area contributed by atoms with E-state index in [0.717, 1.165) is 25.0 Å². The first-order chi connectivity index (χ1) is 8.31. The Morgan fingerprint density at radius 2 is 1.61 bits per heavy atom. The average Bonchev–Trinajstić information content (AvgIpc) is 2.83. The Hall–Kier alpha value is -0.0800. The number of hydrogen-bond donors (Lipinski definition) is 0. The van der Waals surface area contributed by atoms with Gasteiger partial charge < -0.3 is 4.74 Å². The normalized spacial score (nSPS) is 31.2. The van der Waals surface area contributed by atoms with Crippen molar-refractivity contribution in [3.63, 3.8) is 0 Å². The lowest BCUT2D eigenvalue weighted by atomic mass is 9.71. The van der Waals surface area contributed by atoms with Crippen LogP contribution in [0.25, 0.3) is 0 Å². The van der Waals surface area contributed by atoms with Crippen molar-refractivity contribution in [3.8, 4) is 0 Å². The molecule has 2 heterocycles. The van der Waals surface area contributed by atoms with Crippen molar-refractivity contribution in [2.24, 2.45) is 17.3 Å². The van der Waals surface area contributed by atoms with Gasteiger partial charge in [0.05, 0.1) is 6.61 Å². The first-order valence-electron chi connectivity index (χ1n) is 7.63. The van der Waals surface area contributed by atoms with Crippen molar-refractivity contribution >= 4 is 0 Å². The van der Waals surface area contributed by atoms with Gasteiger partial charge >= 0.3 is 0 Å². The van der Waals surface area contributed by atoms with Crippen molar-refractivity contribution in [2.75, 3.05) is 26.3 Å².